The van der Waals surface area contributed by atoms with Crippen molar-refractivity contribution >= 4 is 29.4 Å². The molecule has 0 saturated carbocycles. The molecule has 9 heteroatoms. The predicted molar refractivity (Wildman–Crippen MR) is 116 cm³/mol. The van der Waals surface area contributed by atoms with E-state index in [-0.39, 0.29) is 25.5 Å². The molecule has 5 amide bonds. The summed E-state index contributed by atoms with van der Waals surface area (Å²) in [5.41, 5.74) is 2.72. The Morgan fingerprint density at radius 2 is 1.81 bits per heavy atom. The van der Waals surface area contributed by atoms with Crippen LogP contribution in [0.5, 0.6) is 5.75 Å². The number of nitrogens with one attached hydrogen (secondary N) is 2. The number of urea groups is 1. The first kappa shape index (κ1) is 21.4. The molecule has 2 aromatic rings. The molecule has 2 aliphatic rings. The van der Waals surface area contributed by atoms with Gasteiger partial charge in [0.15, 0.2) is 0 Å². The second-order valence-electron chi connectivity index (χ2n) is 7.97. The average Bonchev–Trinajstić information content (AvgIpc) is 2.90. The van der Waals surface area contributed by atoms with Crippen molar-refractivity contribution in [1.82, 2.24) is 15.8 Å². The zero-order valence-corrected chi connectivity index (χ0v) is 17.7. The van der Waals surface area contributed by atoms with E-state index in [4.69, 9.17) is 4.74 Å². The summed E-state index contributed by atoms with van der Waals surface area (Å²) in [7, 11) is 0. The van der Waals surface area contributed by atoms with Gasteiger partial charge in [0, 0.05) is 0 Å². The van der Waals surface area contributed by atoms with Crippen LogP contribution in [0.1, 0.15) is 25.3 Å². The van der Waals surface area contributed by atoms with Crippen molar-refractivity contribution in [2.24, 2.45) is 0 Å². The number of carbonyl (C=O) groups excluding carboxylic acids is 4. The monoisotopic (exact) mass is 436 g/mol. The van der Waals surface area contributed by atoms with Gasteiger partial charge in [0.05, 0.1) is 18.7 Å². The summed E-state index contributed by atoms with van der Waals surface area (Å²) < 4.78 is 5.57. The van der Waals surface area contributed by atoms with Gasteiger partial charge in [-0.3, -0.25) is 24.7 Å². The molecule has 4 rings (SSSR count). The lowest BCUT2D eigenvalue weighted by Crippen LogP contribution is -2.52. The van der Waals surface area contributed by atoms with Crippen LogP contribution in [-0.2, 0) is 20.8 Å². The number of anilines is 1. The van der Waals surface area contributed by atoms with Crippen LogP contribution in [0, 0.1) is 0 Å². The zero-order valence-electron chi connectivity index (χ0n) is 17.7. The molecule has 1 atom stereocenters. The van der Waals surface area contributed by atoms with E-state index in [1.54, 1.807) is 31.2 Å². The van der Waals surface area contributed by atoms with Crippen LogP contribution >= 0.6 is 0 Å². The second kappa shape index (κ2) is 8.70. The van der Waals surface area contributed by atoms with Gasteiger partial charge in [-0.1, -0.05) is 42.5 Å². The van der Waals surface area contributed by atoms with Gasteiger partial charge in [-0.05, 0) is 37.5 Å². The number of aryl methyl sites for hydroxylation is 1. The molecular formula is C23H24N4O5. The van der Waals surface area contributed by atoms with Crippen molar-refractivity contribution < 1.29 is 23.9 Å². The third-order valence-corrected chi connectivity index (χ3v) is 5.59. The first-order valence-electron chi connectivity index (χ1n) is 10.4. The van der Waals surface area contributed by atoms with Crippen LogP contribution in [0.2, 0.25) is 0 Å². The van der Waals surface area contributed by atoms with Gasteiger partial charge in [-0.25, -0.2) is 4.79 Å². The van der Waals surface area contributed by atoms with Crippen molar-refractivity contribution in [3.63, 3.8) is 0 Å². The summed E-state index contributed by atoms with van der Waals surface area (Å²) in [5.74, 6) is -0.992. The third-order valence-electron chi connectivity index (χ3n) is 5.59. The summed E-state index contributed by atoms with van der Waals surface area (Å²) in [4.78, 5) is 51.9. The number of nitrogens with zero attached hydrogens (tertiary/aromatic N) is 2. The Hall–Kier alpha value is -3.88. The van der Waals surface area contributed by atoms with Crippen molar-refractivity contribution in [3.8, 4) is 5.75 Å². The molecule has 0 aromatic heterocycles. The lowest BCUT2D eigenvalue weighted by molar-refractivity contribution is -0.138. The zero-order chi connectivity index (χ0) is 22.7. The summed E-state index contributed by atoms with van der Waals surface area (Å²) in [6.45, 7) is 1.49. The van der Waals surface area contributed by atoms with E-state index >= 15 is 0 Å². The standard InChI is InChI=1S/C23H24N4O5/c1-23(13-11-16-7-3-2-4-8-16)21(30)27(22(31)24-23)25-19(28)15-26-17-9-5-6-10-18(17)32-14-12-20(26)29/h2-10H,11-15H2,1H3,(H,24,31)(H,25,28)/t23-/m1/s1. The van der Waals surface area contributed by atoms with Crippen LogP contribution < -0.4 is 20.4 Å². The first-order valence-corrected chi connectivity index (χ1v) is 10.4. The lowest BCUT2D eigenvalue weighted by atomic mass is 9.93. The van der Waals surface area contributed by atoms with Gasteiger partial charge in [-0.15, -0.1) is 0 Å². The van der Waals surface area contributed by atoms with E-state index in [1.165, 1.54) is 4.90 Å². The molecular weight excluding hydrogens is 412 g/mol. The van der Waals surface area contributed by atoms with Gasteiger partial charge < -0.3 is 10.1 Å². The molecule has 2 heterocycles. The molecule has 2 aromatic carbocycles. The molecule has 166 valence electrons. The maximum Gasteiger partial charge on any atom is 0.344 e. The molecule has 2 aliphatic heterocycles. The Kier molecular flexibility index (Phi) is 5.81. The SMILES string of the molecule is C[C@]1(CCc2ccccc2)NC(=O)N(NC(=O)CN2C(=O)CCOc3ccccc32)C1=O. The van der Waals surface area contributed by atoms with Gasteiger partial charge in [0.25, 0.3) is 11.8 Å². The second-order valence-corrected chi connectivity index (χ2v) is 7.97. The van der Waals surface area contributed by atoms with E-state index < -0.39 is 23.4 Å². The van der Waals surface area contributed by atoms with Crippen LogP contribution in [0.3, 0.4) is 0 Å². The maximum atomic E-state index is 12.9. The minimum absolute atomic E-state index is 0.114. The van der Waals surface area contributed by atoms with Crippen LogP contribution in [0.25, 0.3) is 0 Å². The molecule has 32 heavy (non-hydrogen) atoms. The number of benzene rings is 2. The molecule has 9 nitrogen and oxygen atoms in total. The van der Waals surface area contributed by atoms with E-state index in [9.17, 15) is 19.2 Å². The summed E-state index contributed by atoms with van der Waals surface area (Å²) in [5, 5.41) is 3.36. The third kappa shape index (κ3) is 4.27. The fraction of sp³-hybridized carbons (Fsp3) is 0.304. The molecule has 1 fully saturated rings. The molecule has 0 bridgehead atoms. The van der Waals surface area contributed by atoms with Crippen LogP contribution in [0.15, 0.2) is 54.6 Å². The molecule has 0 radical (unpaired) electrons. The number of hydrogen-bond acceptors (Lipinski definition) is 5. The minimum Gasteiger partial charge on any atom is -0.491 e. The van der Waals surface area contributed by atoms with Crippen LogP contribution in [0.4, 0.5) is 10.5 Å². The highest BCUT2D eigenvalue weighted by Crippen LogP contribution is 2.30. The number of para-hydroxylation sites is 2. The number of rotatable bonds is 6. The number of imide groups is 1. The molecule has 0 aliphatic carbocycles. The van der Waals surface area contributed by atoms with E-state index in [1.807, 2.05) is 30.3 Å². The molecule has 2 N–H and O–H groups in total. The summed E-state index contributed by atoms with van der Waals surface area (Å²) >= 11 is 0. The quantitative estimate of drug-likeness (QED) is 0.671. The highest BCUT2D eigenvalue weighted by atomic mass is 16.5. The smallest absolute Gasteiger partial charge is 0.344 e. The Morgan fingerprint density at radius 1 is 1.09 bits per heavy atom. The lowest BCUT2D eigenvalue weighted by Gasteiger charge is -2.24. The topological polar surface area (TPSA) is 108 Å². The highest BCUT2D eigenvalue weighted by Gasteiger charge is 2.48. The van der Waals surface area contributed by atoms with Crippen molar-refractivity contribution in [3.05, 3.63) is 60.2 Å². The number of hydrogen-bond donors (Lipinski definition) is 2. The fourth-order valence-corrected chi connectivity index (χ4v) is 3.79. The largest absolute Gasteiger partial charge is 0.491 e. The highest BCUT2D eigenvalue weighted by molar-refractivity contribution is 6.08. The molecule has 0 spiro atoms. The summed E-state index contributed by atoms with van der Waals surface area (Å²) in [6, 6.07) is 15.8. The summed E-state index contributed by atoms with van der Waals surface area (Å²) in [6.07, 6.45) is 1.08. The number of fused-ring (bicyclic) bond motifs is 1. The Balaban J connectivity index is 1.42. The molecule has 1 saturated heterocycles. The number of carbonyl (C=O) groups is 4. The van der Waals surface area contributed by atoms with Crippen LogP contribution in [-0.4, -0.2) is 47.5 Å². The first-order chi connectivity index (χ1) is 15.4. The Morgan fingerprint density at radius 3 is 2.59 bits per heavy atom. The number of hydrazine groups is 1. The van der Waals surface area contributed by atoms with Crippen molar-refractivity contribution in [2.45, 2.75) is 31.7 Å². The fourth-order valence-electron chi connectivity index (χ4n) is 3.79. The van der Waals surface area contributed by atoms with Gasteiger partial charge in [-0.2, -0.15) is 5.01 Å². The van der Waals surface area contributed by atoms with E-state index in [0.29, 0.717) is 29.3 Å². The van der Waals surface area contributed by atoms with Crippen molar-refractivity contribution in [1.29, 1.82) is 0 Å². The van der Waals surface area contributed by atoms with Gasteiger partial charge in [0.2, 0.25) is 5.91 Å². The average molecular weight is 436 g/mol. The van der Waals surface area contributed by atoms with Gasteiger partial charge in [0.1, 0.15) is 17.8 Å². The van der Waals surface area contributed by atoms with E-state index in [0.717, 1.165) is 5.56 Å². The predicted octanol–water partition coefficient (Wildman–Crippen LogP) is 1.78. The normalized spacial score (nSPS) is 20.3. The Bertz CT molecular complexity index is 1060. The molecule has 0 unspecified atom stereocenters. The number of ether oxygens (including phenoxy) is 1. The Labute approximate surface area is 185 Å². The van der Waals surface area contributed by atoms with E-state index in [2.05, 4.69) is 10.7 Å². The van der Waals surface area contributed by atoms with Gasteiger partial charge >= 0.3 is 6.03 Å². The maximum absolute atomic E-state index is 12.9. The number of amides is 5. The van der Waals surface area contributed by atoms with Crippen molar-refractivity contribution in [2.75, 3.05) is 18.1 Å². The minimum atomic E-state index is -1.14.